The van der Waals surface area contributed by atoms with Crippen molar-refractivity contribution in [3.05, 3.63) is 59.7 Å². The highest BCUT2D eigenvalue weighted by Crippen LogP contribution is 2.34. The molecule has 1 aliphatic heterocycles. The quantitative estimate of drug-likeness (QED) is 0.665. The summed E-state index contributed by atoms with van der Waals surface area (Å²) in [6.07, 6.45) is 0.208. The highest BCUT2D eigenvalue weighted by atomic mass is 19.1. The van der Waals surface area contributed by atoms with Crippen LogP contribution < -0.4 is 9.64 Å². The smallest absolute Gasteiger partial charge is 0.261 e. The van der Waals surface area contributed by atoms with Crippen molar-refractivity contribution in [1.82, 2.24) is 10.1 Å². The molecule has 1 saturated heterocycles. The minimum Gasteiger partial charge on any atom is -0.493 e. The standard InChI is InChI=1S/C21H20FN3O3/c1-3-27-18-7-5-4-6-15(18)21-23-20(24-28-21)14-11-19(26)25(12-14)17-9-8-13(2)10-16(17)22/h4-10,14H,3,11-12H2,1-2H3. The Kier molecular flexibility index (Phi) is 4.81. The minimum atomic E-state index is -0.409. The summed E-state index contributed by atoms with van der Waals surface area (Å²) in [5.74, 6) is 0.606. The van der Waals surface area contributed by atoms with E-state index in [1.54, 1.807) is 12.1 Å². The molecule has 1 aromatic heterocycles. The fourth-order valence-electron chi connectivity index (χ4n) is 3.38. The van der Waals surface area contributed by atoms with E-state index in [9.17, 15) is 9.18 Å². The summed E-state index contributed by atoms with van der Waals surface area (Å²) in [6.45, 7) is 4.54. The molecule has 144 valence electrons. The second kappa shape index (κ2) is 7.42. The van der Waals surface area contributed by atoms with Crippen molar-refractivity contribution in [3.8, 4) is 17.2 Å². The van der Waals surface area contributed by atoms with E-state index in [0.29, 0.717) is 36.2 Å². The SMILES string of the molecule is CCOc1ccccc1-c1nc(C2CC(=O)N(c3ccc(C)cc3F)C2)no1. The van der Waals surface area contributed by atoms with Crippen molar-refractivity contribution in [2.24, 2.45) is 0 Å². The van der Waals surface area contributed by atoms with Crippen molar-refractivity contribution >= 4 is 11.6 Å². The van der Waals surface area contributed by atoms with Gasteiger partial charge in [0.2, 0.25) is 5.91 Å². The number of ether oxygens (including phenoxy) is 1. The molecule has 1 atom stereocenters. The van der Waals surface area contributed by atoms with Gasteiger partial charge < -0.3 is 14.2 Å². The van der Waals surface area contributed by atoms with E-state index >= 15 is 0 Å². The number of halogens is 1. The van der Waals surface area contributed by atoms with Crippen molar-refractivity contribution < 1.29 is 18.4 Å². The Morgan fingerprint density at radius 3 is 2.89 bits per heavy atom. The van der Waals surface area contributed by atoms with Crippen LogP contribution in [0, 0.1) is 12.7 Å². The molecule has 0 N–H and O–H groups in total. The number of carbonyl (C=O) groups excluding carboxylic acids is 1. The lowest BCUT2D eigenvalue weighted by Gasteiger charge is -2.17. The summed E-state index contributed by atoms with van der Waals surface area (Å²) in [5.41, 5.74) is 1.79. The number of anilines is 1. The van der Waals surface area contributed by atoms with Gasteiger partial charge in [-0.2, -0.15) is 4.98 Å². The fourth-order valence-corrected chi connectivity index (χ4v) is 3.38. The number of benzene rings is 2. The molecule has 3 aromatic rings. The van der Waals surface area contributed by atoms with E-state index in [-0.39, 0.29) is 23.9 Å². The molecule has 1 amide bonds. The van der Waals surface area contributed by atoms with Gasteiger partial charge in [-0.1, -0.05) is 23.4 Å². The molecule has 2 heterocycles. The van der Waals surface area contributed by atoms with E-state index < -0.39 is 5.82 Å². The minimum absolute atomic E-state index is 0.159. The van der Waals surface area contributed by atoms with E-state index in [1.807, 2.05) is 38.1 Å². The van der Waals surface area contributed by atoms with Crippen molar-refractivity contribution in [1.29, 1.82) is 0 Å². The topological polar surface area (TPSA) is 68.5 Å². The van der Waals surface area contributed by atoms with Crippen LogP contribution in [0.25, 0.3) is 11.5 Å². The maximum atomic E-state index is 14.3. The first-order chi connectivity index (χ1) is 13.6. The van der Waals surface area contributed by atoms with Crippen LogP contribution in [0.2, 0.25) is 0 Å². The molecule has 1 fully saturated rings. The lowest BCUT2D eigenvalue weighted by Crippen LogP contribution is -2.25. The molecule has 1 aliphatic rings. The van der Waals surface area contributed by atoms with E-state index in [1.165, 1.54) is 11.0 Å². The molecule has 0 aliphatic carbocycles. The van der Waals surface area contributed by atoms with Gasteiger partial charge in [-0.15, -0.1) is 0 Å². The number of rotatable bonds is 5. The molecule has 0 radical (unpaired) electrons. The maximum Gasteiger partial charge on any atom is 0.261 e. The summed E-state index contributed by atoms with van der Waals surface area (Å²) < 4.78 is 25.3. The highest BCUT2D eigenvalue weighted by molar-refractivity contribution is 5.96. The Morgan fingerprint density at radius 2 is 2.11 bits per heavy atom. The summed E-state index contributed by atoms with van der Waals surface area (Å²) >= 11 is 0. The number of hydrogen-bond donors (Lipinski definition) is 0. The molecule has 28 heavy (non-hydrogen) atoms. The van der Waals surface area contributed by atoms with Crippen LogP contribution >= 0.6 is 0 Å². The van der Waals surface area contributed by atoms with Crippen LogP contribution in [0.4, 0.5) is 10.1 Å². The predicted octanol–water partition coefficient (Wildman–Crippen LogP) is 4.10. The first-order valence-electron chi connectivity index (χ1n) is 9.19. The van der Waals surface area contributed by atoms with Gasteiger partial charge in [0.15, 0.2) is 5.82 Å². The molecular weight excluding hydrogens is 361 g/mol. The van der Waals surface area contributed by atoms with Gasteiger partial charge in [0, 0.05) is 18.9 Å². The average Bonchev–Trinajstić information content (AvgIpc) is 3.30. The summed E-state index contributed by atoms with van der Waals surface area (Å²) in [6, 6.07) is 12.3. The lowest BCUT2D eigenvalue weighted by atomic mass is 10.1. The largest absolute Gasteiger partial charge is 0.493 e. The van der Waals surface area contributed by atoms with Crippen LogP contribution in [0.1, 0.15) is 30.7 Å². The third-order valence-corrected chi connectivity index (χ3v) is 4.74. The Hall–Kier alpha value is -3.22. The van der Waals surface area contributed by atoms with Gasteiger partial charge in [-0.25, -0.2) is 4.39 Å². The number of aryl methyl sites for hydroxylation is 1. The zero-order chi connectivity index (χ0) is 19.7. The Bertz CT molecular complexity index is 1020. The highest BCUT2D eigenvalue weighted by Gasteiger charge is 2.35. The Balaban J connectivity index is 1.58. The molecule has 0 bridgehead atoms. The van der Waals surface area contributed by atoms with E-state index in [2.05, 4.69) is 10.1 Å². The van der Waals surface area contributed by atoms with Gasteiger partial charge in [0.1, 0.15) is 11.6 Å². The molecular formula is C21H20FN3O3. The number of carbonyl (C=O) groups is 1. The first kappa shape index (κ1) is 18.2. The molecule has 1 unspecified atom stereocenters. The lowest BCUT2D eigenvalue weighted by molar-refractivity contribution is -0.117. The third kappa shape index (κ3) is 3.35. The van der Waals surface area contributed by atoms with Crippen LogP contribution in [0.15, 0.2) is 47.0 Å². The van der Waals surface area contributed by atoms with Crippen LogP contribution in [-0.2, 0) is 4.79 Å². The zero-order valence-corrected chi connectivity index (χ0v) is 15.7. The number of aromatic nitrogens is 2. The number of nitrogens with zero attached hydrogens (tertiary/aromatic N) is 3. The monoisotopic (exact) mass is 381 g/mol. The van der Waals surface area contributed by atoms with Gasteiger partial charge >= 0.3 is 0 Å². The van der Waals surface area contributed by atoms with E-state index in [4.69, 9.17) is 9.26 Å². The second-order valence-electron chi connectivity index (χ2n) is 6.75. The van der Waals surface area contributed by atoms with Crippen molar-refractivity contribution in [2.45, 2.75) is 26.2 Å². The van der Waals surface area contributed by atoms with E-state index in [0.717, 1.165) is 5.56 Å². The Labute approximate surface area is 161 Å². The predicted molar refractivity (Wildman–Crippen MR) is 102 cm³/mol. The molecule has 2 aromatic carbocycles. The third-order valence-electron chi connectivity index (χ3n) is 4.74. The zero-order valence-electron chi connectivity index (χ0n) is 15.7. The van der Waals surface area contributed by atoms with Crippen LogP contribution in [-0.4, -0.2) is 29.2 Å². The maximum absolute atomic E-state index is 14.3. The number of hydrogen-bond acceptors (Lipinski definition) is 5. The first-order valence-corrected chi connectivity index (χ1v) is 9.19. The normalized spacial score (nSPS) is 16.6. The summed E-state index contributed by atoms with van der Waals surface area (Å²) in [7, 11) is 0. The fraction of sp³-hybridized carbons (Fsp3) is 0.286. The summed E-state index contributed by atoms with van der Waals surface area (Å²) in [4.78, 5) is 18.4. The van der Waals surface area contributed by atoms with Gasteiger partial charge in [-0.3, -0.25) is 4.79 Å². The van der Waals surface area contributed by atoms with Gasteiger partial charge in [0.25, 0.3) is 5.89 Å². The summed E-state index contributed by atoms with van der Waals surface area (Å²) in [5, 5.41) is 4.06. The van der Waals surface area contributed by atoms with Crippen LogP contribution in [0.5, 0.6) is 5.75 Å². The van der Waals surface area contributed by atoms with Gasteiger partial charge in [-0.05, 0) is 43.7 Å². The molecule has 7 heteroatoms. The average molecular weight is 381 g/mol. The molecule has 6 nitrogen and oxygen atoms in total. The Morgan fingerprint density at radius 1 is 1.29 bits per heavy atom. The van der Waals surface area contributed by atoms with Crippen molar-refractivity contribution in [2.75, 3.05) is 18.1 Å². The van der Waals surface area contributed by atoms with Crippen molar-refractivity contribution in [3.63, 3.8) is 0 Å². The molecule has 0 saturated carbocycles. The second-order valence-corrected chi connectivity index (χ2v) is 6.75. The number of para-hydroxylation sites is 1. The molecule has 0 spiro atoms. The number of amides is 1. The van der Waals surface area contributed by atoms with Crippen LogP contribution in [0.3, 0.4) is 0 Å². The molecule has 4 rings (SSSR count). The van der Waals surface area contributed by atoms with Gasteiger partial charge in [0.05, 0.1) is 17.9 Å².